The maximum Gasteiger partial charge on any atom is 0.149 e. The molecule has 1 aliphatic carbocycles. The first-order chi connectivity index (χ1) is 7.76. The summed E-state index contributed by atoms with van der Waals surface area (Å²) in [5.74, 6) is 1.49. The van der Waals surface area contributed by atoms with Crippen LogP contribution in [0.15, 0.2) is 12.3 Å². The zero-order valence-corrected chi connectivity index (χ0v) is 11.5. The third kappa shape index (κ3) is 1.88. The highest BCUT2D eigenvalue weighted by Gasteiger charge is 2.64. The van der Waals surface area contributed by atoms with Crippen LogP contribution in [0.25, 0.3) is 0 Å². The summed E-state index contributed by atoms with van der Waals surface area (Å²) >= 11 is 0. The standard InChI is InChI=1S/C14H23N3/c1-9-6-10(15)12(16-7-9)17-8-11-13(2,3)14(11,4)5/h6-7,11H,8,15H2,1-5H3,(H,16,17). The van der Waals surface area contributed by atoms with Gasteiger partial charge in [0, 0.05) is 12.7 Å². The van der Waals surface area contributed by atoms with Crippen molar-refractivity contribution in [2.45, 2.75) is 34.6 Å². The highest BCUT2D eigenvalue weighted by Crippen LogP contribution is 2.68. The summed E-state index contributed by atoms with van der Waals surface area (Å²) in [6.45, 7) is 12.2. The number of rotatable bonds is 3. The van der Waals surface area contributed by atoms with Crippen LogP contribution in [-0.4, -0.2) is 11.5 Å². The lowest BCUT2D eigenvalue weighted by atomic mass is 10.0. The molecule has 0 atom stereocenters. The Labute approximate surface area is 104 Å². The monoisotopic (exact) mass is 233 g/mol. The lowest BCUT2D eigenvalue weighted by Gasteiger charge is -2.09. The molecule has 1 aliphatic rings. The van der Waals surface area contributed by atoms with Crippen LogP contribution >= 0.6 is 0 Å². The van der Waals surface area contributed by atoms with Crippen LogP contribution in [0.5, 0.6) is 0 Å². The first-order valence-electron chi connectivity index (χ1n) is 6.23. The van der Waals surface area contributed by atoms with E-state index in [0.717, 1.165) is 23.6 Å². The van der Waals surface area contributed by atoms with E-state index >= 15 is 0 Å². The van der Waals surface area contributed by atoms with Crippen molar-refractivity contribution in [3.05, 3.63) is 17.8 Å². The van der Waals surface area contributed by atoms with E-state index in [9.17, 15) is 0 Å². The number of hydrogen-bond acceptors (Lipinski definition) is 3. The molecule has 3 nitrogen and oxygen atoms in total. The molecule has 0 unspecified atom stereocenters. The Morgan fingerprint density at radius 2 is 1.88 bits per heavy atom. The molecule has 0 saturated heterocycles. The van der Waals surface area contributed by atoms with E-state index in [4.69, 9.17) is 5.73 Å². The highest BCUT2D eigenvalue weighted by atomic mass is 15.0. The molecule has 3 heteroatoms. The van der Waals surface area contributed by atoms with Crippen molar-refractivity contribution in [1.82, 2.24) is 4.98 Å². The summed E-state index contributed by atoms with van der Waals surface area (Å²) in [6, 6.07) is 1.96. The Kier molecular flexibility index (Phi) is 2.60. The predicted molar refractivity (Wildman–Crippen MR) is 72.9 cm³/mol. The van der Waals surface area contributed by atoms with E-state index in [2.05, 4.69) is 38.0 Å². The average Bonchev–Trinajstić information content (AvgIpc) is 2.58. The first-order valence-corrected chi connectivity index (χ1v) is 6.23. The fraction of sp³-hybridized carbons (Fsp3) is 0.643. The van der Waals surface area contributed by atoms with Crippen LogP contribution in [0.3, 0.4) is 0 Å². The Bertz CT molecular complexity index is 421. The van der Waals surface area contributed by atoms with Gasteiger partial charge in [-0.3, -0.25) is 0 Å². The van der Waals surface area contributed by atoms with E-state index < -0.39 is 0 Å². The molecule has 1 saturated carbocycles. The Hall–Kier alpha value is -1.25. The van der Waals surface area contributed by atoms with E-state index in [1.807, 2.05) is 19.2 Å². The summed E-state index contributed by atoms with van der Waals surface area (Å²) in [5.41, 5.74) is 8.58. The molecule has 0 aliphatic heterocycles. The van der Waals surface area contributed by atoms with E-state index in [1.54, 1.807) is 0 Å². The summed E-state index contributed by atoms with van der Waals surface area (Å²) < 4.78 is 0. The lowest BCUT2D eigenvalue weighted by molar-refractivity contribution is 0.457. The lowest BCUT2D eigenvalue weighted by Crippen LogP contribution is -2.11. The molecule has 1 heterocycles. The number of nitrogens with zero attached hydrogens (tertiary/aromatic N) is 1. The third-order valence-electron chi connectivity index (χ3n) is 4.85. The Morgan fingerprint density at radius 3 is 2.35 bits per heavy atom. The van der Waals surface area contributed by atoms with Crippen molar-refractivity contribution in [3.8, 4) is 0 Å². The van der Waals surface area contributed by atoms with E-state index in [-0.39, 0.29) is 0 Å². The Morgan fingerprint density at radius 1 is 1.29 bits per heavy atom. The number of hydrogen-bond donors (Lipinski definition) is 2. The van der Waals surface area contributed by atoms with Crippen LogP contribution in [0.2, 0.25) is 0 Å². The molecule has 0 aromatic carbocycles. The number of nitrogens with one attached hydrogen (secondary N) is 1. The number of aryl methyl sites for hydroxylation is 1. The normalized spacial score (nSPS) is 21.2. The van der Waals surface area contributed by atoms with Crippen molar-refractivity contribution in [2.75, 3.05) is 17.6 Å². The average molecular weight is 233 g/mol. The maximum absolute atomic E-state index is 5.94. The fourth-order valence-electron chi connectivity index (χ4n) is 2.78. The number of nitrogens with two attached hydrogens (primary N) is 1. The highest BCUT2D eigenvalue weighted by molar-refractivity contribution is 5.61. The summed E-state index contributed by atoms with van der Waals surface area (Å²) in [4.78, 5) is 4.34. The largest absolute Gasteiger partial charge is 0.396 e. The molecule has 3 N–H and O–H groups in total. The molecular weight excluding hydrogens is 210 g/mol. The quantitative estimate of drug-likeness (QED) is 0.843. The van der Waals surface area contributed by atoms with E-state index in [1.165, 1.54) is 0 Å². The smallest absolute Gasteiger partial charge is 0.149 e. The predicted octanol–water partition coefficient (Wildman–Crippen LogP) is 3.07. The molecule has 0 bridgehead atoms. The number of aromatic nitrogens is 1. The van der Waals surface area contributed by atoms with Crippen LogP contribution in [0, 0.1) is 23.7 Å². The Balaban J connectivity index is 2.00. The van der Waals surface area contributed by atoms with Crippen molar-refractivity contribution < 1.29 is 0 Å². The minimum atomic E-state index is 0.402. The first kappa shape index (κ1) is 12.2. The minimum absolute atomic E-state index is 0.402. The minimum Gasteiger partial charge on any atom is -0.396 e. The number of pyridine rings is 1. The van der Waals surface area contributed by atoms with Gasteiger partial charge in [0.05, 0.1) is 5.69 Å². The van der Waals surface area contributed by atoms with Gasteiger partial charge in [0.2, 0.25) is 0 Å². The van der Waals surface area contributed by atoms with Crippen molar-refractivity contribution in [2.24, 2.45) is 16.7 Å². The van der Waals surface area contributed by atoms with Gasteiger partial charge in [-0.05, 0) is 35.3 Å². The molecule has 2 rings (SSSR count). The molecule has 0 amide bonds. The van der Waals surface area contributed by atoms with Gasteiger partial charge in [-0.1, -0.05) is 27.7 Å². The van der Waals surface area contributed by atoms with Gasteiger partial charge >= 0.3 is 0 Å². The molecular formula is C14H23N3. The molecule has 1 aromatic heterocycles. The van der Waals surface area contributed by atoms with Crippen molar-refractivity contribution >= 4 is 11.5 Å². The van der Waals surface area contributed by atoms with Crippen LogP contribution in [-0.2, 0) is 0 Å². The molecule has 17 heavy (non-hydrogen) atoms. The number of anilines is 2. The van der Waals surface area contributed by atoms with Gasteiger partial charge in [-0.25, -0.2) is 4.98 Å². The van der Waals surface area contributed by atoms with Gasteiger partial charge in [-0.15, -0.1) is 0 Å². The fourth-order valence-corrected chi connectivity index (χ4v) is 2.78. The zero-order valence-electron chi connectivity index (χ0n) is 11.5. The van der Waals surface area contributed by atoms with Crippen LogP contribution in [0.4, 0.5) is 11.5 Å². The number of nitrogen functional groups attached to an aromatic ring is 1. The van der Waals surface area contributed by atoms with E-state index in [0.29, 0.717) is 16.7 Å². The summed E-state index contributed by atoms with van der Waals surface area (Å²) in [7, 11) is 0. The SMILES string of the molecule is Cc1cnc(NCC2C(C)(C)C2(C)C)c(N)c1. The van der Waals surface area contributed by atoms with Gasteiger partial charge in [0.1, 0.15) is 5.82 Å². The molecule has 1 aromatic rings. The maximum atomic E-state index is 5.94. The summed E-state index contributed by atoms with van der Waals surface area (Å²) in [6.07, 6.45) is 1.85. The second-order valence-electron chi connectivity index (χ2n) is 6.33. The molecule has 0 radical (unpaired) electrons. The van der Waals surface area contributed by atoms with Crippen LogP contribution < -0.4 is 11.1 Å². The second-order valence-corrected chi connectivity index (χ2v) is 6.33. The van der Waals surface area contributed by atoms with Crippen molar-refractivity contribution in [1.29, 1.82) is 0 Å². The van der Waals surface area contributed by atoms with Gasteiger partial charge < -0.3 is 11.1 Å². The summed E-state index contributed by atoms with van der Waals surface area (Å²) in [5, 5.41) is 3.38. The van der Waals surface area contributed by atoms with Gasteiger partial charge in [0.15, 0.2) is 0 Å². The molecule has 94 valence electrons. The van der Waals surface area contributed by atoms with Gasteiger partial charge in [0.25, 0.3) is 0 Å². The molecule has 0 spiro atoms. The third-order valence-corrected chi connectivity index (χ3v) is 4.85. The zero-order chi connectivity index (χ0) is 12.8. The van der Waals surface area contributed by atoms with Crippen molar-refractivity contribution in [3.63, 3.8) is 0 Å². The topological polar surface area (TPSA) is 50.9 Å². The molecule has 1 fully saturated rings. The second kappa shape index (κ2) is 3.62. The van der Waals surface area contributed by atoms with Crippen LogP contribution in [0.1, 0.15) is 33.3 Å². The van der Waals surface area contributed by atoms with Gasteiger partial charge in [-0.2, -0.15) is 0 Å².